The first-order valence-electron chi connectivity index (χ1n) is 9.20. The molecule has 0 unspecified atom stereocenters. The van der Waals surface area contributed by atoms with E-state index in [0.29, 0.717) is 11.5 Å². The highest BCUT2D eigenvalue weighted by atomic mass is 16.5. The molecule has 2 aromatic rings. The predicted octanol–water partition coefficient (Wildman–Crippen LogP) is 2.84. The summed E-state index contributed by atoms with van der Waals surface area (Å²) in [5, 5.41) is 7.63. The van der Waals surface area contributed by atoms with Gasteiger partial charge in [0.25, 0.3) is 5.91 Å². The number of carbonyl (C=O) groups excluding carboxylic acids is 2. The van der Waals surface area contributed by atoms with Crippen molar-refractivity contribution in [2.24, 2.45) is 5.73 Å². The third-order valence-electron chi connectivity index (χ3n) is 4.99. The number of anilines is 2. The summed E-state index contributed by atoms with van der Waals surface area (Å²) in [7, 11) is 1.35. The molecule has 1 aliphatic rings. The van der Waals surface area contributed by atoms with Gasteiger partial charge in [-0.2, -0.15) is 5.10 Å². The van der Waals surface area contributed by atoms with Gasteiger partial charge in [-0.3, -0.25) is 14.3 Å². The van der Waals surface area contributed by atoms with Gasteiger partial charge in [0.1, 0.15) is 11.6 Å². The molecule has 1 heterocycles. The smallest absolute Gasteiger partial charge is 0.309 e. The Bertz CT molecular complexity index is 898. The minimum atomic E-state index is -0.578. The second-order valence-electron chi connectivity index (χ2n) is 6.86. The quantitative estimate of drug-likeness (QED) is 0.591. The van der Waals surface area contributed by atoms with E-state index in [4.69, 9.17) is 12.3 Å². The number of nitrogens with zero attached hydrogens (tertiary/aromatic N) is 3. The minimum absolute atomic E-state index is 0.0534. The topological polar surface area (TPSA) is 104 Å². The molecule has 8 heteroatoms. The van der Waals surface area contributed by atoms with E-state index in [2.05, 4.69) is 20.0 Å². The number of rotatable bonds is 6. The second-order valence-corrected chi connectivity index (χ2v) is 6.86. The highest BCUT2D eigenvalue weighted by Gasteiger charge is 2.33. The molecule has 0 aliphatic heterocycles. The van der Waals surface area contributed by atoms with E-state index in [1.807, 2.05) is 0 Å². The number of nitrogens with one attached hydrogen (secondary N) is 1. The molecule has 1 aromatic carbocycles. The van der Waals surface area contributed by atoms with Gasteiger partial charge >= 0.3 is 5.97 Å². The SMILES string of the molecule is [C-]#[N+][C@H]1CCCC[C@@H]1n1cc(C(N)=O)c(Nc2ccc(CC(=O)OC)cc2)n1. The summed E-state index contributed by atoms with van der Waals surface area (Å²) in [5.41, 5.74) is 7.35. The number of primary amides is 1. The Balaban J connectivity index is 1.81. The molecule has 0 bridgehead atoms. The lowest BCUT2D eigenvalue weighted by Crippen LogP contribution is -2.25. The molecular formula is C20H23N5O3. The zero-order chi connectivity index (χ0) is 20.1. The normalized spacial score (nSPS) is 18.9. The molecule has 1 amide bonds. The van der Waals surface area contributed by atoms with Crippen molar-refractivity contribution in [3.8, 4) is 0 Å². The molecule has 3 N–H and O–H groups in total. The van der Waals surface area contributed by atoms with Crippen molar-refractivity contribution in [2.75, 3.05) is 12.4 Å². The first-order valence-corrected chi connectivity index (χ1v) is 9.20. The van der Waals surface area contributed by atoms with E-state index >= 15 is 0 Å². The van der Waals surface area contributed by atoms with Crippen LogP contribution in [0.5, 0.6) is 0 Å². The summed E-state index contributed by atoms with van der Waals surface area (Å²) in [6.45, 7) is 7.43. The summed E-state index contributed by atoms with van der Waals surface area (Å²) < 4.78 is 6.36. The van der Waals surface area contributed by atoms with Crippen LogP contribution in [0.4, 0.5) is 11.5 Å². The molecule has 1 aromatic heterocycles. The molecule has 8 nitrogen and oxygen atoms in total. The molecule has 2 atom stereocenters. The van der Waals surface area contributed by atoms with Crippen LogP contribution in [0.3, 0.4) is 0 Å². The minimum Gasteiger partial charge on any atom is -0.469 e. The monoisotopic (exact) mass is 381 g/mol. The van der Waals surface area contributed by atoms with Crippen LogP contribution in [0.25, 0.3) is 4.85 Å². The van der Waals surface area contributed by atoms with Crippen molar-refractivity contribution >= 4 is 23.4 Å². The average molecular weight is 381 g/mol. The highest BCUT2D eigenvalue weighted by molar-refractivity contribution is 5.98. The molecule has 0 radical (unpaired) electrons. The number of hydrogen-bond donors (Lipinski definition) is 2. The maximum absolute atomic E-state index is 11.9. The van der Waals surface area contributed by atoms with E-state index in [1.54, 1.807) is 35.1 Å². The maximum atomic E-state index is 11.9. The number of benzene rings is 1. The van der Waals surface area contributed by atoms with Crippen molar-refractivity contribution in [1.82, 2.24) is 9.78 Å². The first kappa shape index (κ1) is 19.4. The Morgan fingerprint density at radius 3 is 2.68 bits per heavy atom. The van der Waals surface area contributed by atoms with Gasteiger partial charge in [0.2, 0.25) is 6.04 Å². The van der Waals surface area contributed by atoms with Gasteiger partial charge in [-0.05, 0) is 30.5 Å². The van der Waals surface area contributed by atoms with Gasteiger partial charge in [-0.1, -0.05) is 18.6 Å². The Morgan fingerprint density at radius 1 is 1.32 bits per heavy atom. The van der Waals surface area contributed by atoms with Crippen molar-refractivity contribution in [2.45, 2.75) is 44.2 Å². The van der Waals surface area contributed by atoms with Gasteiger partial charge < -0.3 is 20.6 Å². The van der Waals surface area contributed by atoms with Gasteiger partial charge in [0.15, 0.2) is 5.82 Å². The lowest BCUT2D eigenvalue weighted by atomic mass is 9.91. The van der Waals surface area contributed by atoms with Crippen LogP contribution in [0.2, 0.25) is 0 Å². The molecule has 28 heavy (non-hydrogen) atoms. The molecule has 146 valence electrons. The number of amides is 1. The van der Waals surface area contributed by atoms with Gasteiger partial charge in [-0.15, -0.1) is 0 Å². The summed E-state index contributed by atoms with van der Waals surface area (Å²) in [6.07, 6.45) is 5.59. The summed E-state index contributed by atoms with van der Waals surface area (Å²) in [5.74, 6) is -0.522. The van der Waals surface area contributed by atoms with Crippen LogP contribution in [-0.2, 0) is 16.0 Å². The van der Waals surface area contributed by atoms with Gasteiger partial charge in [0.05, 0.1) is 13.5 Å². The lowest BCUT2D eigenvalue weighted by molar-refractivity contribution is -0.139. The zero-order valence-corrected chi connectivity index (χ0v) is 15.7. The van der Waals surface area contributed by atoms with Crippen LogP contribution >= 0.6 is 0 Å². The van der Waals surface area contributed by atoms with Gasteiger partial charge in [0, 0.05) is 18.3 Å². The molecule has 0 saturated heterocycles. The van der Waals surface area contributed by atoms with Crippen LogP contribution < -0.4 is 11.1 Å². The second kappa shape index (κ2) is 8.57. The van der Waals surface area contributed by atoms with E-state index < -0.39 is 5.91 Å². The molecule has 3 rings (SSSR count). The van der Waals surface area contributed by atoms with E-state index in [1.165, 1.54) is 7.11 Å². The van der Waals surface area contributed by atoms with E-state index in [-0.39, 0.29) is 30.0 Å². The average Bonchev–Trinajstić information content (AvgIpc) is 3.13. The number of aromatic nitrogens is 2. The number of hydrogen-bond acceptors (Lipinski definition) is 5. The van der Waals surface area contributed by atoms with E-state index in [0.717, 1.165) is 31.2 Å². The highest BCUT2D eigenvalue weighted by Crippen LogP contribution is 2.32. The number of ether oxygens (including phenoxy) is 1. The number of carbonyl (C=O) groups is 2. The Kier molecular flexibility index (Phi) is 5.94. The summed E-state index contributed by atoms with van der Waals surface area (Å²) in [6, 6.07) is 7.00. The number of nitrogens with two attached hydrogens (primary N) is 1. The lowest BCUT2D eigenvalue weighted by Gasteiger charge is -2.23. The number of methoxy groups -OCH3 is 1. The van der Waals surface area contributed by atoms with Crippen LogP contribution in [0.15, 0.2) is 30.5 Å². The fraction of sp³-hybridized carbons (Fsp3) is 0.400. The standard InChI is InChI=1S/C20H23N5O3/c1-22-16-5-3-4-6-17(16)25-12-15(19(21)27)20(24-25)23-14-9-7-13(8-10-14)11-18(26)28-2/h7-10,12,16-17H,3-6,11H2,2H3,(H2,21,27)(H,23,24)/t16-,17-/m0/s1. The van der Waals surface area contributed by atoms with Crippen molar-refractivity contribution < 1.29 is 14.3 Å². The third kappa shape index (κ3) is 4.31. The molecule has 1 fully saturated rings. The van der Waals surface area contributed by atoms with E-state index in [9.17, 15) is 9.59 Å². The van der Waals surface area contributed by atoms with Crippen molar-refractivity contribution in [3.63, 3.8) is 0 Å². The molecule has 1 saturated carbocycles. The fourth-order valence-corrected chi connectivity index (χ4v) is 3.47. The van der Waals surface area contributed by atoms with Crippen molar-refractivity contribution in [3.05, 3.63) is 53.0 Å². The third-order valence-corrected chi connectivity index (χ3v) is 4.99. The van der Waals surface area contributed by atoms with Gasteiger partial charge in [-0.25, -0.2) is 6.57 Å². The number of esters is 1. The Hall–Kier alpha value is -3.34. The Morgan fingerprint density at radius 2 is 2.04 bits per heavy atom. The van der Waals surface area contributed by atoms with Crippen molar-refractivity contribution in [1.29, 1.82) is 0 Å². The molecule has 1 aliphatic carbocycles. The largest absolute Gasteiger partial charge is 0.469 e. The predicted molar refractivity (Wildman–Crippen MR) is 104 cm³/mol. The fourth-order valence-electron chi connectivity index (χ4n) is 3.47. The molecule has 0 spiro atoms. The zero-order valence-electron chi connectivity index (χ0n) is 15.7. The Labute approximate surface area is 163 Å². The molecular weight excluding hydrogens is 358 g/mol. The maximum Gasteiger partial charge on any atom is 0.309 e. The summed E-state index contributed by atoms with van der Waals surface area (Å²) in [4.78, 5) is 27.0. The van der Waals surface area contributed by atoms with Crippen LogP contribution in [-0.4, -0.2) is 34.8 Å². The van der Waals surface area contributed by atoms with Crippen LogP contribution in [0.1, 0.15) is 47.6 Å². The van der Waals surface area contributed by atoms with Crippen LogP contribution in [0, 0.1) is 6.57 Å². The summed E-state index contributed by atoms with van der Waals surface area (Å²) >= 11 is 0. The first-order chi connectivity index (χ1) is 13.5.